The van der Waals surface area contributed by atoms with Gasteiger partial charge in [0, 0.05) is 10.7 Å². The van der Waals surface area contributed by atoms with Gasteiger partial charge in [-0.15, -0.1) is 0 Å². The zero-order chi connectivity index (χ0) is 11.6. The van der Waals surface area contributed by atoms with Gasteiger partial charge in [0.25, 0.3) is 0 Å². The minimum Gasteiger partial charge on any atom is -0.302 e. The highest BCUT2D eigenvalue weighted by Gasteiger charge is 2.19. The lowest BCUT2D eigenvalue weighted by atomic mass is 10.4. The van der Waals surface area contributed by atoms with Gasteiger partial charge in [-0.25, -0.2) is 4.57 Å². The van der Waals surface area contributed by atoms with Gasteiger partial charge in [-0.3, -0.25) is 9.05 Å². The van der Waals surface area contributed by atoms with E-state index in [2.05, 4.69) is 31.9 Å². The zero-order valence-corrected chi connectivity index (χ0v) is 12.6. The normalized spacial score (nSPS) is 11.9. The predicted molar refractivity (Wildman–Crippen MR) is 67.8 cm³/mol. The van der Waals surface area contributed by atoms with Gasteiger partial charge in [0.1, 0.15) is 0 Å². The van der Waals surface area contributed by atoms with Crippen molar-refractivity contribution >= 4 is 39.7 Å². The minimum atomic E-state index is -3.80. The summed E-state index contributed by atoms with van der Waals surface area (Å²) >= 11 is 6.53. The Labute approximate surface area is 108 Å². The van der Waals surface area contributed by atoms with Crippen molar-refractivity contribution in [2.24, 2.45) is 0 Å². The molecule has 0 amide bonds. The molecule has 15 heavy (non-hydrogen) atoms. The first-order valence-corrected chi connectivity index (χ1v) is 8.60. The van der Waals surface area contributed by atoms with E-state index in [0.717, 1.165) is 36.3 Å². The van der Waals surface area contributed by atoms with Crippen molar-refractivity contribution in [3.8, 4) is 0 Å². The maximum atomic E-state index is 11.2. The molecule has 0 fully saturated rings. The Morgan fingerprint density at radius 3 is 1.67 bits per heavy atom. The first kappa shape index (κ1) is 16.1. The third-order valence-electron chi connectivity index (χ3n) is 1.56. The average Bonchev–Trinajstić information content (AvgIpc) is 2.20. The van der Waals surface area contributed by atoms with Crippen LogP contribution in [0.4, 0.5) is 0 Å². The number of alkyl halides is 2. The molecule has 0 aliphatic heterocycles. The van der Waals surface area contributed by atoms with E-state index in [-0.39, 0.29) is 13.2 Å². The van der Waals surface area contributed by atoms with E-state index >= 15 is 0 Å². The maximum Gasteiger partial charge on any atom is 0.472 e. The topological polar surface area (TPSA) is 55.8 Å². The molecule has 0 saturated carbocycles. The second-order valence-corrected chi connectivity index (χ2v) is 5.97. The SMILES string of the molecule is O=P(O)(OCCCCBr)OCCCCBr. The van der Waals surface area contributed by atoms with Crippen molar-refractivity contribution in [1.29, 1.82) is 0 Å². The summed E-state index contributed by atoms with van der Waals surface area (Å²) in [6.07, 6.45) is 3.34. The first-order chi connectivity index (χ1) is 7.12. The van der Waals surface area contributed by atoms with Crippen molar-refractivity contribution in [2.45, 2.75) is 25.7 Å². The van der Waals surface area contributed by atoms with Crippen LogP contribution in [0.2, 0.25) is 0 Å². The summed E-state index contributed by atoms with van der Waals surface area (Å²) in [7, 11) is -3.80. The van der Waals surface area contributed by atoms with E-state index in [9.17, 15) is 9.46 Å². The number of phosphoric ester groups is 1. The fraction of sp³-hybridized carbons (Fsp3) is 1.00. The molecular weight excluding hydrogens is 351 g/mol. The summed E-state index contributed by atoms with van der Waals surface area (Å²) < 4.78 is 20.8. The first-order valence-electron chi connectivity index (χ1n) is 4.86. The Hall–Kier alpha value is 1.07. The zero-order valence-electron chi connectivity index (χ0n) is 8.53. The fourth-order valence-corrected chi connectivity index (χ4v) is 2.38. The number of halogens is 2. The molecule has 0 saturated heterocycles. The fourth-order valence-electron chi connectivity index (χ4n) is 0.790. The van der Waals surface area contributed by atoms with Crippen LogP contribution in [-0.4, -0.2) is 28.8 Å². The third kappa shape index (κ3) is 11.3. The highest BCUT2D eigenvalue weighted by Crippen LogP contribution is 2.43. The van der Waals surface area contributed by atoms with Gasteiger partial charge in [0.05, 0.1) is 13.2 Å². The molecule has 0 bridgehead atoms. The molecule has 0 rings (SSSR count). The molecule has 0 atom stereocenters. The monoisotopic (exact) mass is 366 g/mol. The molecule has 0 aromatic carbocycles. The smallest absolute Gasteiger partial charge is 0.302 e. The highest BCUT2D eigenvalue weighted by atomic mass is 79.9. The van der Waals surface area contributed by atoms with Gasteiger partial charge < -0.3 is 4.89 Å². The van der Waals surface area contributed by atoms with Crippen LogP contribution in [-0.2, 0) is 13.6 Å². The lowest BCUT2D eigenvalue weighted by Gasteiger charge is -2.11. The van der Waals surface area contributed by atoms with E-state index in [4.69, 9.17) is 9.05 Å². The molecule has 0 radical (unpaired) electrons. The number of hydrogen-bond acceptors (Lipinski definition) is 3. The Bertz CT molecular complexity index is 175. The summed E-state index contributed by atoms with van der Waals surface area (Å²) in [5.74, 6) is 0. The van der Waals surface area contributed by atoms with Gasteiger partial charge in [-0.05, 0) is 25.7 Å². The van der Waals surface area contributed by atoms with Crippen LogP contribution in [0.15, 0.2) is 0 Å². The molecule has 0 aromatic heterocycles. The van der Waals surface area contributed by atoms with E-state index in [1.807, 2.05) is 0 Å². The van der Waals surface area contributed by atoms with Crippen molar-refractivity contribution in [3.63, 3.8) is 0 Å². The summed E-state index contributed by atoms with van der Waals surface area (Å²) in [5.41, 5.74) is 0. The Morgan fingerprint density at radius 2 is 1.33 bits per heavy atom. The predicted octanol–water partition coefficient (Wildman–Crippen LogP) is 3.47. The van der Waals surface area contributed by atoms with Crippen LogP contribution in [0.1, 0.15) is 25.7 Å². The molecule has 1 N–H and O–H groups in total. The number of phosphoric acid groups is 1. The Kier molecular flexibility index (Phi) is 11.0. The molecule has 0 unspecified atom stereocenters. The Balaban J connectivity index is 3.45. The number of hydrogen-bond donors (Lipinski definition) is 1. The van der Waals surface area contributed by atoms with Crippen LogP contribution in [0, 0.1) is 0 Å². The molecule has 0 spiro atoms. The molecule has 0 aliphatic rings. The third-order valence-corrected chi connectivity index (χ3v) is 3.70. The van der Waals surface area contributed by atoms with Gasteiger partial charge in [0.15, 0.2) is 0 Å². The van der Waals surface area contributed by atoms with Crippen molar-refractivity contribution < 1.29 is 18.5 Å². The van der Waals surface area contributed by atoms with Crippen LogP contribution >= 0.6 is 39.7 Å². The minimum absolute atomic E-state index is 0.262. The summed E-state index contributed by atoms with van der Waals surface area (Å²) in [6, 6.07) is 0. The van der Waals surface area contributed by atoms with Gasteiger partial charge in [-0.1, -0.05) is 31.9 Å². The summed E-state index contributed by atoms with van der Waals surface area (Å²) in [4.78, 5) is 9.20. The van der Waals surface area contributed by atoms with Crippen LogP contribution in [0.3, 0.4) is 0 Å². The second kappa shape index (κ2) is 10.2. The van der Waals surface area contributed by atoms with E-state index in [1.165, 1.54) is 0 Å². The van der Waals surface area contributed by atoms with Crippen molar-refractivity contribution in [3.05, 3.63) is 0 Å². The summed E-state index contributed by atoms with van der Waals surface area (Å²) in [5, 5.41) is 1.75. The van der Waals surface area contributed by atoms with E-state index < -0.39 is 7.82 Å². The molecule has 4 nitrogen and oxygen atoms in total. The molecular formula is C8H17Br2O4P. The molecule has 0 aliphatic carbocycles. The maximum absolute atomic E-state index is 11.2. The van der Waals surface area contributed by atoms with Crippen molar-refractivity contribution in [2.75, 3.05) is 23.9 Å². The van der Waals surface area contributed by atoms with Crippen LogP contribution < -0.4 is 0 Å². The molecule has 0 heterocycles. The Morgan fingerprint density at radius 1 is 0.933 bits per heavy atom. The largest absolute Gasteiger partial charge is 0.472 e. The van der Waals surface area contributed by atoms with Gasteiger partial charge >= 0.3 is 7.82 Å². The molecule has 92 valence electrons. The lowest BCUT2D eigenvalue weighted by Crippen LogP contribution is -1.99. The van der Waals surface area contributed by atoms with E-state index in [0.29, 0.717) is 0 Å². The van der Waals surface area contributed by atoms with E-state index in [1.54, 1.807) is 0 Å². The quantitative estimate of drug-likeness (QED) is 0.365. The van der Waals surface area contributed by atoms with Gasteiger partial charge in [0.2, 0.25) is 0 Å². The molecule has 0 aromatic rings. The van der Waals surface area contributed by atoms with Crippen molar-refractivity contribution in [1.82, 2.24) is 0 Å². The number of rotatable bonds is 10. The van der Waals surface area contributed by atoms with Gasteiger partial charge in [-0.2, -0.15) is 0 Å². The number of unbranched alkanes of at least 4 members (excludes halogenated alkanes) is 2. The summed E-state index contributed by atoms with van der Waals surface area (Å²) in [6.45, 7) is 0.523. The second-order valence-electron chi connectivity index (χ2n) is 2.93. The highest BCUT2D eigenvalue weighted by molar-refractivity contribution is 9.09. The van der Waals surface area contributed by atoms with Crippen LogP contribution in [0.5, 0.6) is 0 Å². The standard InChI is InChI=1S/C8H17Br2O4P/c9-5-1-3-7-13-15(11,12)14-8-4-2-6-10/h1-8H2,(H,11,12). The molecule has 7 heteroatoms. The average molecular weight is 368 g/mol. The van der Waals surface area contributed by atoms with Crippen LogP contribution in [0.25, 0.3) is 0 Å². The lowest BCUT2D eigenvalue weighted by molar-refractivity contribution is 0.146.